The third kappa shape index (κ3) is 4.27. The Morgan fingerprint density at radius 2 is 1.65 bits per heavy atom. The smallest absolute Gasteiger partial charge is 0.338 e. The topological polar surface area (TPSA) is 117 Å². The molecule has 0 fully saturated rings. The molecule has 4 N–H and O–H groups in total. The van der Waals surface area contributed by atoms with E-state index in [2.05, 4.69) is 0 Å². The van der Waals surface area contributed by atoms with Gasteiger partial charge in [0.25, 0.3) is 5.56 Å². The van der Waals surface area contributed by atoms with Gasteiger partial charge in [0.1, 0.15) is 10.5 Å². The first-order valence-electron chi connectivity index (χ1n) is 10.2. The number of thiazole rings is 1. The van der Waals surface area contributed by atoms with Crippen LogP contribution in [0.5, 0.6) is 0 Å². The number of carbonyl (C=O) groups excluding carboxylic acids is 2. The molecule has 2 heterocycles. The van der Waals surface area contributed by atoms with E-state index in [1.54, 1.807) is 61.5 Å². The number of aromatic nitrogens is 1. The fourth-order valence-corrected chi connectivity index (χ4v) is 5.23. The number of hydrogen-bond acceptors (Lipinski definition) is 6. The van der Waals surface area contributed by atoms with Gasteiger partial charge in [0.2, 0.25) is 5.91 Å². The SMILES string of the molecule is CCOC(=O)C1=C(N)n2c(sc(=Cc3ccc(Cl)cc3)c2=O)=C(C(N)=O)[C@H]1c1ccc(Cl)cc1. The summed E-state index contributed by atoms with van der Waals surface area (Å²) in [5.74, 6) is -2.58. The Labute approximate surface area is 208 Å². The van der Waals surface area contributed by atoms with Gasteiger partial charge in [-0.05, 0) is 48.4 Å². The molecule has 1 atom stereocenters. The maximum atomic E-state index is 13.3. The lowest BCUT2D eigenvalue weighted by Gasteiger charge is -2.26. The van der Waals surface area contributed by atoms with Crippen LogP contribution in [-0.2, 0) is 14.3 Å². The summed E-state index contributed by atoms with van der Waals surface area (Å²) in [5.41, 5.74) is 13.0. The molecule has 1 aliphatic heterocycles. The minimum Gasteiger partial charge on any atom is -0.463 e. The van der Waals surface area contributed by atoms with E-state index in [1.165, 1.54) is 0 Å². The van der Waals surface area contributed by atoms with Crippen molar-refractivity contribution in [2.24, 2.45) is 11.5 Å². The Kier molecular flexibility index (Phi) is 6.65. The Hall–Kier alpha value is -3.33. The van der Waals surface area contributed by atoms with Crippen LogP contribution in [-0.4, -0.2) is 23.1 Å². The molecule has 1 amide bonds. The third-order valence-corrected chi connectivity index (χ3v) is 6.89. The van der Waals surface area contributed by atoms with Crippen LogP contribution in [0.15, 0.2) is 58.9 Å². The number of ether oxygens (including phenoxy) is 1. The molecular formula is C24H19Cl2N3O4S. The number of halogens is 2. The second-order valence-electron chi connectivity index (χ2n) is 7.39. The van der Waals surface area contributed by atoms with Gasteiger partial charge in [-0.1, -0.05) is 47.5 Å². The summed E-state index contributed by atoms with van der Waals surface area (Å²) in [7, 11) is 0. The molecule has 7 nitrogen and oxygen atoms in total. The fourth-order valence-electron chi connectivity index (χ4n) is 3.80. The highest BCUT2D eigenvalue weighted by Gasteiger charge is 2.38. The van der Waals surface area contributed by atoms with Crippen molar-refractivity contribution in [2.75, 3.05) is 6.61 Å². The van der Waals surface area contributed by atoms with Crippen LogP contribution >= 0.6 is 34.5 Å². The zero-order valence-corrected chi connectivity index (χ0v) is 20.2. The third-order valence-electron chi connectivity index (χ3n) is 5.28. The van der Waals surface area contributed by atoms with Gasteiger partial charge >= 0.3 is 5.97 Å². The highest BCUT2D eigenvalue weighted by molar-refractivity contribution is 7.07. The minimum atomic E-state index is -0.935. The molecule has 0 aliphatic carbocycles. The van der Waals surface area contributed by atoms with Crippen LogP contribution in [0, 0.1) is 0 Å². The lowest BCUT2D eigenvalue weighted by Crippen LogP contribution is -2.42. The number of nitrogens with zero attached hydrogens (tertiary/aromatic N) is 1. The van der Waals surface area contributed by atoms with Crippen molar-refractivity contribution in [1.82, 2.24) is 4.57 Å². The van der Waals surface area contributed by atoms with Crippen LogP contribution < -0.4 is 26.2 Å². The second-order valence-corrected chi connectivity index (χ2v) is 9.29. The van der Waals surface area contributed by atoms with Crippen molar-refractivity contribution < 1.29 is 14.3 Å². The van der Waals surface area contributed by atoms with Crippen molar-refractivity contribution in [3.8, 4) is 0 Å². The van der Waals surface area contributed by atoms with Gasteiger partial charge in [-0.3, -0.25) is 14.2 Å². The zero-order valence-electron chi connectivity index (χ0n) is 17.9. The Bertz CT molecular complexity index is 1500. The summed E-state index contributed by atoms with van der Waals surface area (Å²) >= 11 is 13.0. The standard InChI is InChI=1S/C24H19Cl2N3O4S/c1-2-33-24(32)18-17(13-5-9-15(26)10-6-13)19(21(28)30)23-29(20(18)27)22(31)16(34-23)11-12-3-7-14(25)8-4-12/h3-11,17H,2,27H2,1H3,(H2,28,30)/t17-/m0/s1. The average molecular weight is 516 g/mol. The van der Waals surface area contributed by atoms with E-state index in [4.69, 9.17) is 39.4 Å². The van der Waals surface area contributed by atoms with E-state index in [-0.39, 0.29) is 28.2 Å². The van der Waals surface area contributed by atoms with E-state index in [0.29, 0.717) is 20.1 Å². The number of hydrogen-bond donors (Lipinski definition) is 2. The van der Waals surface area contributed by atoms with Gasteiger partial charge in [-0.2, -0.15) is 0 Å². The van der Waals surface area contributed by atoms with E-state index in [9.17, 15) is 14.4 Å². The van der Waals surface area contributed by atoms with Gasteiger partial charge in [-0.15, -0.1) is 11.3 Å². The lowest BCUT2D eigenvalue weighted by atomic mass is 9.83. The maximum Gasteiger partial charge on any atom is 0.338 e. The molecule has 0 saturated heterocycles. The van der Waals surface area contributed by atoms with Crippen molar-refractivity contribution in [2.45, 2.75) is 12.8 Å². The summed E-state index contributed by atoms with van der Waals surface area (Å²) in [4.78, 5) is 39.1. The second kappa shape index (κ2) is 9.50. The first kappa shape index (κ1) is 23.8. The van der Waals surface area contributed by atoms with Crippen molar-refractivity contribution in [3.63, 3.8) is 0 Å². The number of carbonyl (C=O) groups is 2. The van der Waals surface area contributed by atoms with Crippen LogP contribution in [0.3, 0.4) is 0 Å². The maximum absolute atomic E-state index is 13.3. The highest BCUT2D eigenvalue weighted by atomic mass is 35.5. The van der Waals surface area contributed by atoms with Gasteiger partial charge in [0, 0.05) is 10.0 Å². The zero-order chi connectivity index (χ0) is 24.6. The van der Waals surface area contributed by atoms with Gasteiger partial charge < -0.3 is 16.2 Å². The molecule has 2 aromatic carbocycles. The lowest BCUT2D eigenvalue weighted by molar-refractivity contribution is -0.138. The van der Waals surface area contributed by atoms with Crippen LogP contribution in [0.25, 0.3) is 17.5 Å². The molecule has 3 aromatic rings. The van der Waals surface area contributed by atoms with Gasteiger partial charge in [0.15, 0.2) is 0 Å². The predicted octanol–water partition coefficient (Wildman–Crippen LogP) is 2.17. The number of primary amides is 1. The summed E-state index contributed by atoms with van der Waals surface area (Å²) in [6.45, 7) is 1.73. The van der Waals surface area contributed by atoms with Crippen molar-refractivity contribution >= 4 is 63.9 Å². The molecule has 4 rings (SSSR count). The molecule has 0 bridgehead atoms. The number of fused-ring (bicyclic) bond motifs is 1. The molecule has 34 heavy (non-hydrogen) atoms. The van der Waals surface area contributed by atoms with E-state index < -0.39 is 23.4 Å². The van der Waals surface area contributed by atoms with Gasteiger partial charge in [-0.25, -0.2) is 4.79 Å². The first-order chi connectivity index (χ1) is 16.2. The molecule has 1 aliphatic rings. The molecular weight excluding hydrogens is 497 g/mol. The summed E-state index contributed by atoms with van der Waals surface area (Å²) in [6.07, 6.45) is 1.65. The van der Waals surface area contributed by atoms with E-state index in [0.717, 1.165) is 21.5 Å². The van der Waals surface area contributed by atoms with Gasteiger partial charge in [0.05, 0.1) is 28.2 Å². The monoisotopic (exact) mass is 515 g/mol. The minimum absolute atomic E-state index is 0.0385. The van der Waals surface area contributed by atoms with Crippen molar-refractivity contribution in [3.05, 3.63) is 94.8 Å². The van der Waals surface area contributed by atoms with Crippen LogP contribution in [0.4, 0.5) is 0 Å². The van der Waals surface area contributed by atoms with E-state index in [1.807, 2.05) is 0 Å². The largest absolute Gasteiger partial charge is 0.463 e. The summed E-state index contributed by atoms with van der Waals surface area (Å²) < 4.78 is 6.92. The Balaban J connectivity index is 2.08. The summed E-state index contributed by atoms with van der Waals surface area (Å²) in [6, 6.07) is 13.5. The molecule has 0 radical (unpaired) electrons. The van der Waals surface area contributed by atoms with Crippen LogP contribution in [0.2, 0.25) is 10.0 Å². The van der Waals surface area contributed by atoms with Crippen molar-refractivity contribution in [1.29, 1.82) is 0 Å². The fraction of sp³-hybridized carbons (Fsp3) is 0.125. The number of esters is 1. The first-order valence-corrected chi connectivity index (χ1v) is 11.8. The highest BCUT2D eigenvalue weighted by Crippen LogP contribution is 2.37. The average Bonchev–Trinajstić information content (AvgIpc) is 3.11. The quantitative estimate of drug-likeness (QED) is 0.505. The molecule has 10 heteroatoms. The normalized spacial score (nSPS) is 15.9. The predicted molar refractivity (Wildman–Crippen MR) is 134 cm³/mol. The molecule has 174 valence electrons. The molecule has 0 saturated carbocycles. The van der Waals surface area contributed by atoms with Crippen LogP contribution in [0.1, 0.15) is 24.0 Å². The van der Waals surface area contributed by atoms with E-state index >= 15 is 0 Å². The number of amides is 1. The Morgan fingerprint density at radius 1 is 1.06 bits per heavy atom. The molecule has 1 aromatic heterocycles. The summed E-state index contributed by atoms with van der Waals surface area (Å²) in [5, 5.41) is 1.03. The number of rotatable bonds is 5. The number of nitrogens with two attached hydrogens (primary N) is 2. The molecule has 0 unspecified atom stereocenters. The molecule has 0 spiro atoms. The number of benzene rings is 2. The Morgan fingerprint density at radius 3 is 2.21 bits per heavy atom.